The fourth-order valence-corrected chi connectivity index (χ4v) is 3.16. The molecule has 3 nitrogen and oxygen atoms in total. The molecule has 0 bridgehead atoms. The van der Waals surface area contributed by atoms with E-state index in [1.54, 1.807) is 18.4 Å². The van der Waals surface area contributed by atoms with Crippen LogP contribution in [0.25, 0.3) is 0 Å². The first-order valence-corrected chi connectivity index (χ1v) is 7.45. The molecular weight excluding hydrogens is 244 g/mol. The Morgan fingerprint density at radius 2 is 1.89 bits per heavy atom. The van der Waals surface area contributed by atoms with Crippen molar-refractivity contribution in [3.8, 4) is 0 Å². The molecule has 1 heterocycles. The summed E-state index contributed by atoms with van der Waals surface area (Å²) in [5.41, 5.74) is 0.927. The highest BCUT2D eigenvalue weighted by atomic mass is 32.1. The molecule has 0 fully saturated rings. The van der Waals surface area contributed by atoms with Crippen molar-refractivity contribution >= 4 is 11.3 Å². The van der Waals surface area contributed by atoms with Crippen LogP contribution in [-0.4, -0.2) is 24.2 Å². The lowest BCUT2D eigenvalue weighted by atomic mass is 9.95. The van der Waals surface area contributed by atoms with Gasteiger partial charge >= 0.3 is 0 Å². The summed E-state index contributed by atoms with van der Waals surface area (Å²) in [5.74, 6) is 0.469. The van der Waals surface area contributed by atoms with Crippen LogP contribution in [0.1, 0.15) is 58.2 Å². The summed E-state index contributed by atoms with van der Waals surface area (Å²) in [5, 5.41) is 6.86. The molecule has 1 aromatic rings. The third-order valence-corrected chi connectivity index (χ3v) is 4.41. The minimum absolute atomic E-state index is 0.0751. The average Bonchev–Trinajstić information content (AvgIpc) is 2.76. The second-order valence-corrected chi connectivity index (χ2v) is 6.47. The Balaban J connectivity index is 3.08. The quantitative estimate of drug-likeness (QED) is 0.859. The van der Waals surface area contributed by atoms with Gasteiger partial charge in [0.2, 0.25) is 0 Å². The zero-order chi connectivity index (χ0) is 13.9. The molecule has 18 heavy (non-hydrogen) atoms. The summed E-state index contributed by atoms with van der Waals surface area (Å²) < 4.78 is 5.54. The van der Waals surface area contributed by atoms with E-state index in [0.717, 1.165) is 10.7 Å². The molecular formula is C14H26N2OS. The van der Waals surface area contributed by atoms with Gasteiger partial charge in [0, 0.05) is 18.5 Å². The molecule has 0 amide bonds. The fraction of sp³-hybridized carbons (Fsp3) is 0.786. The minimum atomic E-state index is -0.235. The second kappa shape index (κ2) is 6.13. The topological polar surface area (TPSA) is 34.1 Å². The van der Waals surface area contributed by atoms with Gasteiger partial charge in [0.15, 0.2) is 0 Å². The molecule has 0 aromatic carbocycles. The molecule has 0 aliphatic rings. The Bertz CT molecular complexity index is 376. The zero-order valence-corrected chi connectivity index (χ0v) is 13.4. The number of nitrogens with one attached hydrogen (secondary N) is 1. The lowest BCUT2D eigenvalue weighted by Crippen LogP contribution is -2.51. The number of thiazole rings is 1. The van der Waals surface area contributed by atoms with E-state index in [0.29, 0.717) is 12.0 Å². The van der Waals surface area contributed by atoms with Gasteiger partial charge in [0.1, 0.15) is 5.01 Å². The third kappa shape index (κ3) is 3.31. The summed E-state index contributed by atoms with van der Waals surface area (Å²) in [6.45, 7) is 12.9. The molecule has 0 radical (unpaired) electrons. The van der Waals surface area contributed by atoms with Crippen molar-refractivity contribution in [3.05, 3.63) is 16.1 Å². The van der Waals surface area contributed by atoms with Crippen LogP contribution in [-0.2, 0) is 10.3 Å². The van der Waals surface area contributed by atoms with Gasteiger partial charge in [-0.3, -0.25) is 0 Å². The Labute approximate surface area is 115 Å². The molecule has 1 N–H and O–H groups in total. The maximum Gasteiger partial charge on any atom is 0.115 e. The number of hydrogen-bond acceptors (Lipinski definition) is 4. The van der Waals surface area contributed by atoms with Crippen LogP contribution in [0.4, 0.5) is 0 Å². The van der Waals surface area contributed by atoms with E-state index in [-0.39, 0.29) is 11.6 Å². The van der Waals surface area contributed by atoms with Crippen LogP contribution in [0.2, 0.25) is 0 Å². The van der Waals surface area contributed by atoms with Crippen molar-refractivity contribution in [3.63, 3.8) is 0 Å². The molecule has 0 spiro atoms. The molecule has 2 unspecified atom stereocenters. The van der Waals surface area contributed by atoms with E-state index in [9.17, 15) is 0 Å². The van der Waals surface area contributed by atoms with Crippen molar-refractivity contribution in [2.24, 2.45) is 0 Å². The maximum absolute atomic E-state index is 5.54. The molecule has 1 rings (SSSR count). The van der Waals surface area contributed by atoms with Crippen LogP contribution in [0.3, 0.4) is 0 Å². The van der Waals surface area contributed by atoms with Gasteiger partial charge in [0.25, 0.3) is 0 Å². The largest absolute Gasteiger partial charge is 0.379 e. The van der Waals surface area contributed by atoms with E-state index < -0.39 is 0 Å². The molecule has 2 atom stereocenters. The van der Waals surface area contributed by atoms with E-state index in [2.05, 4.69) is 52.2 Å². The van der Waals surface area contributed by atoms with Crippen LogP contribution >= 0.6 is 11.3 Å². The van der Waals surface area contributed by atoms with Gasteiger partial charge in [0.05, 0.1) is 17.3 Å². The van der Waals surface area contributed by atoms with E-state index in [1.807, 2.05) is 0 Å². The van der Waals surface area contributed by atoms with Gasteiger partial charge in [-0.1, -0.05) is 13.8 Å². The lowest BCUT2D eigenvalue weighted by molar-refractivity contribution is 0.0318. The van der Waals surface area contributed by atoms with Gasteiger partial charge in [-0.2, -0.15) is 0 Å². The number of nitrogens with zero attached hydrogens (tertiary/aromatic N) is 1. The summed E-state index contributed by atoms with van der Waals surface area (Å²) in [6.07, 6.45) is 0.0751. The minimum Gasteiger partial charge on any atom is -0.379 e. The SMILES string of the molecule is COC(C)C(C)(NC(C)C)c1nc(C(C)C)cs1. The number of hydrogen-bond donors (Lipinski definition) is 1. The van der Waals surface area contributed by atoms with Crippen molar-refractivity contribution in [1.29, 1.82) is 0 Å². The maximum atomic E-state index is 5.54. The first kappa shape index (κ1) is 15.6. The van der Waals surface area contributed by atoms with Crippen molar-refractivity contribution in [2.75, 3.05) is 7.11 Å². The number of methoxy groups -OCH3 is 1. The Kier molecular flexibility index (Phi) is 5.32. The first-order chi connectivity index (χ1) is 8.31. The highest BCUT2D eigenvalue weighted by Crippen LogP contribution is 2.31. The second-order valence-electron chi connectivity index (χ2n) is 5.61. The van der Waals surface area contributed by atoms with Crippen LogP contribution in [0.5, 0.6) is 0 Å². The summed E-state index contributed by atoms with van der Waals surface area (Å²) in [4.78, 5) is 4.78. The molecule has 0 saturated carbocycles. The predicted molar refractivity (Wildman–Crippen MR) is 78.3 cm³/mol. The van der Waals surface area contributed by atoms with Gasteiger partial charge in [-0.15, -0.1) is 11.3 Å². The predicted octanol–water partition coefficient (Wildman–Crippen LogP) is 3.51. The zero-order valence-electron chi connectivity index (χ0n) is 12.6. The number of ether oxygens (including phenoxy) is 1. The van der Waals surface area contributed by atoms with Crippen LogP contribution in [0, 0.1) is 0 Å². The molecule has 0 aliphatic carbocycles. The Morgan fingerprint density at radius 3 is 2.28 bits per heavy atom. The lowest BCUT2D eigenvalue weighted by Gasteiger charge is -2.35. The van der Waals surface area contributed by atoms with Crippen molar-refractivity contribution in [1.82, 2.24) is 10.3 Å². The Hall–Kier alpha value is -0.450. The monoisotopic (exact) mass is 270 g/mol. The summed E-state index contributed by atoms with van der Waals surface area (Å²) in [6, 6.07) is 0.388. The summed E-state index contributed by atoms with van der Waals surface area (Å²) in [7, 11) is 1.75. The number of aromatic nitrogens is 1. The Morgan fingerprint density at radius 1 is 1.28 bits per heavy atom. The smallest absolute Gasteiger partial charge is 0.115 e. The summed E-state index contributed by atoms with van der Waals surface area (Å²) >= 11 is 1.72. The molecule has 1 aromatic heterocycles. The van der Waals surface area contributed by atoms with E-state index >= 15 is 0 Å². The average molecular weight is 270 g/mol. The number of rotatable bonds is 6. The third-order valence-electron chi connectivity index (χ3n) is 3.31. The standard InChI is InChI=1S/C14H26N2OS/c1-9(2)12-8-18-13(15-12)14(6,11(5)17-7)16-10(3)4/h8-11,16H,1-7H3. The van der Waals surface area contributed by atoms with Crippen molar-refractivity contribution in [2.45, 2.75) is 65.1 Å². The van der Waals surface area contributed by atoms with E-state index in [4.69, 9.17) is 9.72 Å². The van der Waals surface area contributed by atoms with Gasteiger partial charge in [-0.25, -0.2) is 4.98 Å². The highest BCUT2D eigenvalue weighted by molar-refractivity contribution is 7.09. The van der Waals surface area contributed by atoms with Gasteiger partial charge in [-0.05, 0) is 33.6 Å². The normalized spacial score (nSPS) is 17.2. The molecule has 104 valence electrons. The van der Waals surface area contributed by atoms with Crippen LogP contribution in [0.15, 0.2) is 5.38 Å². The first-order valence-electron chi connectivity index (χ1n) is 6.57. The molecule has 0 saturated heterocycles. The fourth-order valence-electron chi connectivity index (χ4n) is 1.98. The van der Waals surface area contributed by atoms with Gasteiger partial charge < -0.3 is 10.1 Å². The van der Waals surface area contributed by atoms with E-state index in [1.165, 1.54) is 0 Å². The highest BCUT2D eigenvalue weighted by Gasteiger charge is 2.36. The van der Waals surface area contributed by atoms with Crippen LogP contribution < -0.4 is 5.32 Å². The molecule has 4 heteroatoms. The molecule has 0 aliphatic heterocycles. The van der Waals surface area contributed by atoms with Crippen molar-refractivity contribution < 1.29 is 4.74 Å².